The van der Waals surface area contributed by atoms with Crippen LogP contribution in [0.15, 0.2) is 54.9 Å². The Morgan fingerprint density at radius 1 is 1.00 bits per heavy atom. The van der Waals surface area contributed by atoms with Crippen molar-refractivity contribution in [1.29, 1.82) is 0 Å². The molecule has 0 atom stereocenters. The summed E-state index contributed by atoms with van der Waals surface area (Å²) < 4.78 is 1.72. The molecule has 8 heteroatoms. The fraction of sp³-hybridized carbons (Fsp3) is 0.263. The van der Waals surface area contributed by atoms with Crippen LogP contribution in [0.4, 0.5) is 16.3 Å². The Morgan fingerprint density at radius 2 is 1.74 bits per heavy atom. The number of aryl methyl sites for hydroxylation is 1. The lowest BCUT2D eigenvalue weighted by Gasteiger charge is -2.35. The number of hydrogen-bond acceptors (Lipinski definition) is 5. The molecule has 3 aromatic rings. The second-order valence-electron chi connectivity index (χ2n) is 6.35. The van der Waals surface area contributed by atoms with Crippen LogP contribution >= 0.6 is 0 Å². The first-order chi connectivity index (χ1) is 13.2. The van der Waals surface area contributed by atoms with E-state index in [0.717, 1.165) is 30.4 Å². The summed E-state index contributed by atoms with van der Waals surface area (Å²) in [6.07, 6.45) is 3.58. The molecular formula is C19H21N7O. The Balaban J connectivity index is 1.41. The van der Waals surface area contributed by atoms with E-state index in [-0.39, 0.29) is 6.03 Å². The van der Waals surface area contributed by atoms with Gasteiger partial charge in [-0.1, -0.05) is 18.2 Å². The van der Waals surface area contributed by atoms with Gasteiger partial charge in [0.1, 0.15) is 11.6 Å². The van der Waals surface area contributed by atoms with Crippen LogP contribution in [0.2, 0.25) is 0 Å². The highest BCUT2D eigenvalue weighted by Crippen LogP contribution is 2.17. The fourth-order valence-electron chi connectivity index (χ4n) is 3.08. The molecule has 0 spiro atoms. The van der Waals surface area contributed by atoms with Gasteiger partial charge in [0.15, 0.2) is 5.82 Å². The van der Waals surface area contributed by atoms with Crippen molar-refractivity contribution in [3.05, 3.63) is 60.7 Å². The molecule has 1 N–H and O–H groups in total. The summed E-state index contributed by atoms with van der Waals surface area (Å²) >= 11 is 0. The summed E-state index contributed by atoms with van der Waals surface area (Å²) in [6, 6.07) is 13.2. The Morgan fingerprint density at radius 3 is 2.44 bits per heavy atom. The van der Waals surface area contributed by atoms with Gasteiger partial charge in [0.2, 0.25) is 0 Å². The van der Waals surface area contributed by atoms with Crippen LogP contribution in [0.1, 0.15) is 5.82 Å². The second-order valence-corrected chi connectivity index (χ2v) is 6.35. The zero-order valence-electron chi connectivity index (χ0n) is 15.1. The van der Waals surface area contributed by atoms with Crippen LogP contribution in [0.5, 0.6) is 0 Å². The number of amides is 2. The van der Waals surface area contributed by atoms with Crippen molar-refractivity contribution < 1.29 is 4.79 Å². The standard InChI is InChI=1S/C19H21N7O/c1-15-21-17(14-18(22-15)26-9-5-8-20-26)24-10-12-25(13-11-24)19(27)23-16-6-3-2-4-7-16/h2-9,14H,10-13H2,1H3,(H,23,27). The van der Waals surface area contributed by atoms with E-state index in [1.807, 2.05) is 60.5 Å². The number of carbonyl (C=O) groups is 1. The normalized spacial score (nSPS) is 14.3. The molecule has 138 valence electrons. The van der Waals surface area contributed by atoms with Gasteiger partial charge >= 0.3 is 6.03 Å². The molecule has 1 aromatic carbocycles. The van der Waals surface area contributed by atoms with Crippen LogP contribution in [-0.4, -0.2) is 56.9 Å². The van der Waals surface area contributed by atoms with Gasteiger partial charge < -0.3 is 15.1 Å². The molecule has 1 aliphatic rings. The number of rotatable bonds is 3. The van der Waals surface area contributed by atoms with Gasteiger partial charge in [-0.15, -0.1) is 0 Å². The van der Waals surface area contributed by atoms with Gasteiger partial charge in [0.25, 0.3) is 0 Å². The molecule has 0 aliphatic carbocycles. The molecule has 0 radical (unpaired) electrons. The molecule has 0 saturated carbocycles. The maximum absolute atomic E-state index is 12.4. The minimum Gasteiger partial charge on any atom is -0.353 e. The predicted octanol–water partition coefficient (Wildman–Crippen LogP) is 2.32. The van der Waals surface area contributed by atoms with Gasteiger partial charge in [-0.25, -0.2) is 19.4 Å². The van der Waals surface area contributed by atoms with E-state index >= 15 is 0 Å². The third-order valence-electron chi connectivity index (χ3n) is 4.47. The molecule has 1 fully saturated rings. The number of nitrogens with one attached hydrogen (secondary N) is 1. The van der Waals surface area contributed by atoms with Crippen LogP contribution in [0.3, 0.4) is 0 Å². The molecule has 1 saturated heterocycles. The topological polar surface area (TPSA) is 79.2 Å². The van der Waals surface area contributed by atoms with Crippen molar-refractivity contribution in [3.8, 4) is 5.82 Å². The Kier molecular flexibility index (Phi) is 4.69. The van der Waals surface area contributed by atoms with Crippen LogP contribution in [-0.2, 0) is 0 Å². The van der Waals surface area contributed by atoms with Crippen molar-refractivity contribution >= 4 is 17.5 Å². The number of carbonyl (C=O) groups excluding carboxylic acids is 1. The van der Waals surface area contributed by atoms with E-state index in [0.29, 0.717) is 18.9 Å². The first-order valence-electron chi connectivity index (χ1n) is 8.91. The molecule has 27 heavy (non-hydrogen) atoms. The average molecular weight is 363 g/mol. The molecule has 3 heterocycles. The molecule has 4 rings (SSSR count). The first-order valence-corrected chi connectivity index (χ1v) is 8.91. The molecule has 8 nitrogen and oxygen atoms in total. The van der Waals surface area contributed by atoms with Crippen LogP contribution in [0, 0.1) is 6.92 Å². The van der Waals surface area contributed by atoms with Crippen LogP contribution in [0.25, 0.3) is 5.82 Å². The Bertz CT molecular complexity index is 903. The number of aromatic nitrogens is 4. The highest BCUT2D eigenvalue weighted by atomic mass is 16.2. The van der Waals surface area contributed by atoms with E-state index in [1.165, 1.54) is 0 Å². The smallest absolute Gasteiger partial charge is 0.321 e. The van der Waals surface area contributed by atoms with E-state index in [2.05, 4.69) is 25.3 Å². The molecule has 1 aliphatic heterocycles. The van der Waals surface area contributed by atoms with E-state index in [1.54, 1.807) is 10.9 Å². The van der Waals surface area contributed by atoms with Gasteiger partial charge in [0, 0.05) is 50.3 Å². The molecule has 0 unspecified atom stereocenters. The third-order valence-corrected chi connectivity index (χ3v) is 4.47. The molecule has 2 amide bonds. The van der Waals surface area contributed by atoms with Crippen molar-refractivity contribution in [2.24, 2.45) is 0 Å². The molecule has 0 bridgehead atoms. The third kappa shape index (κ3) is 3.89. The Hall–Kier alpha value is -3.42. The lowest BCUT2D eigenvalue weighted by Crippen LogP contribution is -2.50. The first kappa shape index (κ1) is 17.0. The number of nitrogens with zero attached hydrogens (tertiary/aromatic N) is 6. The summed E-state index contributed by atoms with van der Waals surface area (Å²) in [5.41, 5.74) is 0.806. The number of hydrogen-bond donors (Lipinski definition) is 1. The zero-order valence-corrected chi connectivity index (χ0v) is 15.1. The lowest BCUT2D eigenvalue weighted by molar-refractivity contribution is 0.208. The molecule has 2 aromatic heterocycles. The number of anilines is 2. The highest BCUT2D eigenvalue weighted by molar-refractivity contribution is 5.89. The summed E-state index contributed by atoms with van der Waals surface area (Å²) in [7, 11) is 0. The van der Waals surface area contributed by atoms with E-state index in [9.17, 15) is 4.79 Å². The van der Waals surface area contributed by atoms with Gasteiger partial charge in [-0.05, 0) is 25.1 Å². The maximum atomic E-state index is 12.4. The maximum Gasteiger partial charge on any atom is 0.321 e. The summed E-state index contributed by atoms with van der Waals surface area (Å²) in [5, 5.41) is 7.17. The minimum atomic E-state index is -0.0723. The number of benzene rings is 1. The minimum absolute atomic E-state index is 0.0723. The second kappa shape index (κ2) is 7.45. The van der Waals surface area contributed by atoms with Crippen molar-refractivity contribution in [1.82, 2.24) is 24.6 Å². The number of urea groups is 1. The van der Waals surface area contributed by atoms with Gasteiger partial charge in [-0.2, -0.15) is 5.10 Å². The quantitative estimate of drug-likeness (QED) is 0.773. The SMILES string of the molecule is Cc1nc(N2CCN(C(=O)Nc3ccccc3)CC2)cc(-n2cccn2)n1. The average Bonchev–Trinajstić information content (AvgIpc) is 3.23. The van der Waals surface area contributed by atoms with Crippen molar-refractivity contribution in [2.75, 3.05) is 36.4 Å². The summed E-state index contributed by atoms with van der Waals surface area (Å²) in [6.45, 7) is 4.59. The predicted molar refractivity (Wildman–Crippen MR) is 103 cm³/mol. The number of para-hydroxylation sites is 1. The Labute approximate surface area is 157 Å². The van der Waals surface area contributed by atoms with Crippen molar-refractivity contribution in [2.45, 2.75) is 6.92 Å². The summed E-state index contributed by atoms with van der Waals surface area (Å²) in [5.74, 6) is 2.30. The highest BCUT2D eigenvalue weighted by Gasteiger charge is 2.22. The largest absolute Gasteiger partial charge is 0.353 e. The van der Waals surface area contributed by atoms with E-state index < -0.39 is 0 Å². The van der Waals surface area contributed by atoms with E-state index in [4.69, 9.17) is 0 Å². The number of piperazine rings is 1. The van der Waals surface area contributed by atoms with Crippen LogP contribution < -0.4 is 10.2 Å². The van der Waals surface area contributed by atoms with Crippen molar-refractivity contribution in [3.63, 3.8) is 0 Å². The fourth-order valence-corrected chi connectivity index (χ4v) is 3.08. The van der Waals surface area contributed by atoms with Gasteiger partial charge in [-0.3, -0.25) is 0 Å². The lowest BCUT2D eigenvalue weighted by atomic mass is 10.3. The molecular weight excluding hydrogens is 342 g/mol. The summed E-state index contributed by atoms with van der Waals surface area (Å²) in [4.78, 5) is 25.4. The monoisotopic (exact) mass is 363 g/mol. The zero-order chi connectivity index (χ0) is 18.6. The van der Waals surface area contributed by atoms with Gasteiger partial charge in [0.05, 0.1) is 0 Å².